The van der Waals surface area contributed by atoms with E-state index in [-0.39, 0.29) is 5.92 Å². The first-order valence-electron chi connectivity index (χ1n) is 10.4. The summed E-state index contributed by atoms with van der Waals surface area (Å²) in [5.41, 5.74) is 5.01. The molecule has 0 fully saturated rings. The minimum absolute atomic E-state index is 0.0564. The lowest BCUT2D eigenvalue weighted by Crippen LogP contribution is -2.22. The summed E-state index contributed by atoms with van der Waals surface area (Å²) < 4.78 is 0. The monoisotopic (exact) mass is 366 g/mol. The third-order valence-electron chi connectivity index (χ3n) is 4.76. The molecular formula is C25H38N2. The van der Waals surface area contributed by atoms with Crippen molar-refractivity contribution in [3.63, 3.8) is 0 Å². The highest BCUT2D eigenvalue weighted by Gasteiger charge is 2.15. The molecule has 1 rings (SSSR count). The Balaban J connectivity index is 2.63. The summed E-state index contributed by atoms with van der Waals surface area (Å²) in [4.78, 5) is 0. The zero-order valence-corrected chi connectivity index (χ0v) is 18.0. The molecule has 1 unspecified atom stereocenters. The summed E-state index contributed by atoms with van der Waals surface area (Å²) in [7, 11) is 0. The van der Waals surface area contributed by atoms with Gasteiger partial charge in [0.25, 0.3) is 0 Å². The molecule has 0 radical (unpaired) electrons. The van der Waals surface area contributed by atoms with Crippen LogP contribution in [0.15, 0.2) is 59.4 Å². The second kappa shape index (κ2) is 12.4. The van der Waals surface area contributed by atoms with Crippen molar-refractivity contribution in [3.8, 4) is 6.07 Å². The lowest BCUT2D eigenvalue weighted by Gasteiger charge is -2.18. The van der Waals surface area contributed by atoms with Crippen molar-refractivity contribution in [2.24, 2.45) is 17.8 Å². The summed E-state index contributed by atoms with van der Waals surface area (Å²) in [6.07, 6.45) is 16.6. The van der Waals surface area contributed by atoms with Gasteiger partial charge in [-0.15, -0.1) is 0 Å². The zero-order chi connectivity index (χ0) is 20.2. The van der Waals surface area contributed by atoms with Crippen molar-refractivity contribution in [1.82, 2.24) is 5.32 Å². The van der Waals surface area contributed by atoms with E-state index >= 15 is 0 Å². The normalized spacial score (nSPS) is 15.9. The van der Waals surface area contributed by atoms with E-state index in [1.807, 2.05) is 6.92 Å². The second-order valence-electron chi connectivity index (χ2n) is 8.38. The number of nitrogens with zero attached hydrogens (tertiary/aromatic N) is 1. The topological polar surface area (TPSA) is 35.8 Å². The first-order chi connectivity index (χ1) is 12.8. The Bertz CT molecular complexity index is 636. The number of hydrogen-bond acceptors (Lipinski definition) is 2. The van der Waals surface area contributed by atoms with Crippen LogP contribution < -0.4 is 5.32 Å². The summed E-state index contributed by atoms with van der Waals surface area (Å²) in [5.74, 6) is 1.04. The van der Waals surface area contributed by atoms with Gasteiger partial charge in [-0.25, -0.2) is 0 Å². The van der Waals surface area contributed by atoms with Crippen molar-refractivity contribution in [1.29, 1.82) is 5.26 Å². The molecular weight excluding hydrogens is 328 g/mol. The van der Waals surface area contributed by atoms with Crippen molar-refractivity contribution < 1.29 is 0 Å². The molecule has 148 valence electrons. The van der Waals surface area contributed by atoms with Gasteiger partial charge in [-0.3, -0.25) is 0 Å². The summed E-state index contributed by atoms with van der Waals surface area (Å²) in [6.45, 7) is 15.5. The molecule has 0 saturated carbocycles. The smallest absolute Gasteiger partial charge is 0.0858 e. The van der Waals surface area contributed by atoms with Gasteiger partial charge >= 0.3 is 0 Å². The van der Waals surface area contributed by atoms with E-state index in [0.29, 0.717) is 11.8 Å². The highest BCUT2D eigenvalue weighted by Crippen LogP contribution is 2.22. The molecule has 0 aliphatic heterocycles. The molecule has 27 heavy (non-hydrogen) atoms. The Morgan fingerprint density at radius 3 is 2.59 bits per heavy atom. The third-order valence-corrected chi connectivity index (χ3v) is 4.76. The average Bonchev–Trinajstić information content (AvgIpc) is 2.84. The molecule has 0 heterocycles. The Morgan fingerprint density at radius 1 is 1.26 bits per heavy atom. The molecule has 0 amide bonds. The Labute approximate surface area is 167 Å². The number of nitriles is 1. The SMILES string of the molecule is C=C(C)CNC(=CCCCC1=CCC=C(C(C)C)C=C1)C(C#N)CC(C)C. The number of unbranched alkanes of at least 4 members (excludes halogenated alkanes) is 1. The van der Waals surface area contributed by atoms with E-state index in [1.54, 1.807) is 0 Å². The van der Waals surface area contributed by atoms with Crippen LogP contribution in [-0.2, 0) is 0 Å². The molecule has 1 aliphatic rings. The number of hydrogen-bond donors (Lipinski definition) is 1. The molecule has 2 nitrogen and oxygen atoms in total. The number of nitrogens with one attached hydrogen (secondary N) is 1. The molecule has 0 spiro atoms. The van der Waals surface area contributed by atoms with Crippen LogP contribution in [0, 0.1) is 29.1 Å². The molecule has 0 bridgehead atoms. The van der Waals surface area contributed by atoms with E-state index in [2.05, 4.69) is 76.0 Å². The number of allylic oxidation sites excluding steroid dienone is 8. The van der Waals surface area contributed by atoms with E-state index in [4.69, 9.17) is 0 Å². The van der Waals surface area contributed by atoms with Crippen LogP contribution in [0.1, 0.15) is 66.7 Å². The van der Waals surface area contributed by atoms with Gasteiger partial charge < -0.3 is 5.32 Å². The minimum atomic E-state index is -0.0564. The fourth-order valence-electron chi connectivity index (χ4n) is 3.17. The maximum atomic E-state index is 9.59. The van der Waals surface area contributed by atoms with E-state index in [9.17, 15) is 5.26 Å². The highest BCUT2D eigenvalue weighted by molar-refractivity contribution is 5.33. The van der Waals surface area contributed by atoms with Crippen LogP contribution in [0.3, 0.4) is 0 Å². The van der Waals surface area contributed by atoms with E-state index in [1.165, 1.54) is 11.1 Å². The van der Waals surface area contributed by atoms with E-state index in [0.717, 1.165) is 49.9 Å². The predicted molar refractivity (Wildman–Crippen MR) is 118 cm³/mol. The molecule has 0 aromatic carbocycles. The van der Waals surface area contributed by atoms with Gasteiger partial charge in [-0.1, -0.05) is 75.8 Å². The zero-order valence-electron chi connectivity index (χ0n) is 18.0. The van der Waals surface area contributed by atoms with Crippen molar-refractivity contribution in [2.45, 2.75) is 66.7 Å². The average molecular weight is 367 g/mol. The third kappa shape index (κ3) is 9.48. The maximum absolute atomic E-state index is 9.59. The van der Waals surface area contributed by atoms with Crippen LogP contribution in [0.2, 0.25) is 0 Å². The second-order valence-corrected chi connectivity index (χ2v) is 8.38. The fourth-order valence-corrected chi connectivity index (χ4v) is 3.17. The Morgan fingerprint density at radius 2 is 2.00 bits per heavy atom. The van der Waals surface area contributed by atoms with Gasteiger partial charge in [0.05, 0.1) is 12.0 Å². The molecule has 1 aliphatic carbocycles. The Kier molecular flexibility index (Phi) is 10.6. The van der Waals surface area contributed by atoms with Gasteiger partial charge in [-0.05, 0) is 56.4 Å². The first-order valence-corrected chi connectivity index (χ1v) is 10.4. The van der Waals surface area contributed by atoms with Crippen molar-refractivity contribution in [3.05, 3.63) is 59.4 Å². The largest absolute Gasteiger partial charge is 0.384 e. The van der Waals surface area contributed by atoms with Gasteiger partial charge in [0.2, 0.25) is 0 Å². The lowest BCUT2D eigenvalue weighted by molar-refractivity contribution is 0.504. The summed E-state index contributed by atoms with van der Waals surface area (Å²) in [5, 5.41) is 13.0. The molecule has 2 heteroatoms. The number of rotatable bonds is 11. The van der Waals surface area contributed by atoms with E-state index < -0.39 is 0 Å². The predicted octanol–water partition coefficient (Wildman–Crippen LogP) is 6.86. The molecule has 0 saturated heterocycles. The van der Waals surface area contributed by atoms with Crippen LogP contribution in [0.4, 0.5) is 0 Å². The lowest BCUT2D eigenvalue weighted by atomic mass is 9.94. The molecule has 1 N–H and O–H groups in total. The standard InChI is InChI=1S/C25H38N2/c1-19(2)16-24(17-26)25(27-18-20(3)4)13-8-7-10-22-11-9-12-23(15-14-22)21(5)6/h11-15,19,21,24,27H,3,7-10,16,18H2,1-2,4-6H3. The fraction of sp³-hybridized carbons (Fsp3) is 0.560. The van der Waals surface area contributed by atoms with Gasteiger partial charge in [0.1, 0.15) is 0 Å². The van der Waals surface area contributed by atoms with Gasteiger partial charge in [0.15, 0.2) is 0 Å². The molecule has 0 aromatic heterocycles. The molecule has 1 atom stereocenters. The summed E-state index contributed by atoms with van der Waals surface area (Å²) in [6, 6.07) is 2.48. The van der Waals surface area contributed by atoms with Gasteiger partial charge in [0, 0.05) is 12.2 Å². The van der Waals surface area contributed by atoms with Crippen LogP contribution in [0.25, 0.3) is 0 Å². The van der Waals surface area contributed by atoms with Crippen LogP contribution >= 0.6 is 0 Å². The van der Waals surface area contributed by atoms with Gasteiger partial charge in [-0.2, -0.15) is 5.26 Å². The van der Waals surface area contributed by atoms with Crippen molar-refractivity contribution >= 4 is 0 Å². The quantitative estimate of drug-likeness (QED) is 0.320. The first kappa shape index (κ1) is 23.0. The highest BCUT2D eigenvalue weighted by atomic mass is 14.9. The van der Waals surface area contributed by atoms with Crippen LogP contribution in [-0.4, -0.2) is 6.54 Å². The Hall–Kier alpha value is -2.01. The maximum Gasteiger partial charge on any atom is 0.0858 e. The molecule has 0 aromatic rings. The van der Waals surface area contributed by atoms with Crippen LogP contribution in [0.5, 0.6) is 0 Å². The van der Waals surface area contributed by atoms with Crippen molar-refractivity contribution in [2.75, 3.05) is 6.54 Å². The summed E-state index contributed by atoms with van der Waals surface area (Å²) >= 11 is 0. The minimum Gasteiger partial charge on any atom is -0.384 e.